The van der Waals surface area contributed by atoms with Crippen LogP contribution in [-0.4, -0.2) is 38.9 Å². The van der Waals surface area contributed by atoms with Gasteiger partial charge in [0.15, 0.2) is 0 Å². The predicted octanol–water partition coefficient (Wildman–Crippen LogP) is 3.32. The Morgan fingerprint density at radius 2 is 1.96 bits per heavy atom. The van der Waals surface area contributed by atoms with Crippen molar-refractivity contribution in [3.05, 3.63) is 29.6 Å². The summed E-state index contributed by atoms with van der Waals surface area (Å²) >= 11 is 0. The van der Waals surface area contributed by atoms with E-state index in [-0.39, 0.29) is 12.2 Å². The lowest BCUT2D eigenvalue weighted by atomic mass is 10.1. The third-order valence-electron chi connectivity index (χ3n) is 3.55. The third kappa shape index (κ3) is 5.62. The van der Waals surface area contributed by atoms with Crippen molar-refractivity contribution in [2.75, 3.05) is 13.2 Å². The second kappa shape index (κ2) is 10.1. The minimum atomic E-state index is -0.968. The van der Waals surface area contributed by atoms with Crippen molar-refractivity contribution in [2.45, 2.75) is 47.3 Å². The van der Waals surface area contributed by atoms with Crippen LogP contribution in [0.25, 0.3) is 11.0 Å². The molecule has 0 saturated carbocycles. The Morgan fingerprint density at radius 1 is 1.29 bits per heavy atom. The van der Waals surface area contributed by atoms with Gasteiger partial charge in [0, 0.05) is 19.8 Å². The van der Waals surface area contributed by atoms with Gasteiger partial charge in [0.05, 0.1) is 16.6 Å². The van der Waals surface area contributed by atoms with E-state index < -0.39 is 5.97 Å². The fourth-order valence-electron chi connectivity index (χ4n) is 2.27. The Bertz CT molecular complexity index is 648. The lowest BCUT2D eigenvalue weighted by molar-refractivity contribution is 0.0697. The Morgan fingerprint density at radius 3 is 2.42 bits per heavy atom. The molecule has 2 aromatic rings. The summed E-state index contributed by atoms with van der Waals surface area (Å²) in [5.74, 6) is 0.171. The molecule has 134 valence electrons. The van der Waals surface area contributed by atoms with Crippen LogP contribution in [0.5, 0.6) is 0 Å². The smallest absolute Gasteiger partial charge is 0.335 e. The maximum absolute atomic E-state index is 10.9. The number of benzene rings is 1. The quantitative estimate of drug-likeness (QED) is 0.810. The molecule has 0 radical (unpaired) electrons. The molecule has 0 aliphatic heterocycles. The molecule has 1 heterocycles. The molecule has 0 amide bonds. The largest absolute Gasteiger partial charge is 0.478 e. The summed E-state index contributed by atoms with van der Waals surface area (Å²) in [6, 6.07) is 4.87. The fraction of sp³-hybridized carbons (Fsp3) is 0.556. The fourth-order valence-corrected chi connectivity index (χ4v) is 2.27. The summed E-state index contributed by atoms with van der Waals surface area (Å²) in [4.78, 5) is 15.2. The number of fused-ring (bicyclic) bond motifs is 1. The summed E-state index contributed by atoms with van der Waals surface area (Å²) in [5.41, 5.74) is 1.70. The Labute approximate surface area is 143 Å². The topological polar surface area (TPSA) is 84.6 Å². The van der Waals surface area contributed by atoms with Crippen LogP contribution in [0.1, 0.15) is 50.3 Å². The van der Waals surface area contributed by atoms with Crippen LogP contribution in [-0.2, 0) is 17.9 Å². The van der Waals surface area contributed by atoms with Crippen molar-refractivity contribution < 1.29 is 19.7 Å². The highest BCUT2D eigenvalue weighted by Gasteiger charge is 2.12. The maximum atomic E-state index is 10.9. The van der Waals surface area contributed by atoms with Crippen LogP contribution in [0.2, 0.25) is 0 Å². The molecular formula is C18H28N2O4. The monoisotopic (exact) mass is 336 g/mol. The molecule has 0 saturated heterocycles. The zero-order valence-electron chi connectivity index (χ0n) is 15.0. The second-order valence-electron chi connectivity index (χ2n) is 5.81. The molecule has 2 rings (SSSR count). The number of aliphatic hydroxyl groups excluding tert-OH is 1. The van der Waals surface area contributed by atoms with Crippen LogP contribution in [0.4, 0.5) is 0 Å². The predicted molar refractivity (Wildman–Crippen MR) is 94.2 cm³/mol. The molecule has 6 heteroatoms. The van der Waals surface area contributed by atoms with E-state index in [2.05, 4.69) is 18.8 Å². The molecule has 0 bridgehead atoms. The molecule has 1 aromatic heterocycles. The van der Waals surface area contributed by atoms with Crippen LogP contribution < -0.4 is 0 Å². The first-order valence-electron chi connectivity index (χ1n) is 8.35. The van der Waals surface area contributed by atoms with Gasteiger partial charge in [-0.3, -0.25) is 0 Å². The zero-order valence-corrected chi connectivity index (χ0v) is 15.0. The lowest BCUT2D eigenvalue weighted by Gasteiger charge is -2.09. The van der Waals surface area contributed by atoms with Crippen molar-refractivity contribution in [3.8, 4) is 0 Å². The molecule has 0 fully saturated rings. The number of nitrogens with zero attached hydrogens (tertiary/aromatic N) is 2. The zero-order chi connectivity index (χ0) is 18.1. The Kier molecular flexibility index (Phi) is 8.43. The standard InChI is InChI=1S/C14H18N2O3.C4H10O/c1-9(2)5-6-16-12-4-3-10(14(18)19)7-11(12)15-13(16)8-17;1-3-5-4-2/h3-4,7,9,17H,5-6,8H2,1-2H3,(H,18,19);3-4H2,1-2H3. The number of ether oxygens (including phenoxy) is 1. The summed E-state index contributed by atoms with van der Waals surface area (Å²) in [6.45, 7) is 10.6. The summed E-state index contributed by atoms with van der Waals surface area (Å²) in [6.07, 6.45) is 0.985. The van der Waals surface area contributed by atoms with Crippen LogP contribution in [0.3, 0.4) is 0 Å². The van der Waals surface area contributed by atoms with E-state index >= 15 is 0 Å². The highest BCUT2D eigenvalue weighted by atomic mass is 16.5. The van der Waals surface area contributed by atoms with Gasteiger partial charge in [-0.1, -0.05) is 13.8 Å². The van der Waals surface area contributed by atoms with Crippen molar-refractivity contribution in [2.24, 2.45) is 5.92 Å². The molecule has 0 spiro atoms. The molecular weight excluding hydrogens is 308 g/mol. The van der Waals surface area contributed by atoms with Gasteiger partial charge in [-0.05, 0) is 44.4 Å². The van der Waals surface area contributed by atoms with Crippen molar-refractivity contribution in [1.29, 1.82) is 0 Å². The van der Waals surface area contributed by atoms with Gasteiger partial charge in [0.2, 0.25) is 0 Å². The van der Waals surface area contributed by atoms with Gasteiger partial charge in [-0.15, -0.1) is 0 Å². The van der Waals surface area contributed by atoms with Crippen molar-refractivity contribution >= 4 is 17.0 Å². The highest BCUT2D eigenvalue weighted by molar-refractivity contribution is 5.92. The summed E-state index contributed by atoms with van der Waals surface area (Å²) in [5, 5.41) is 18.3. The van der Waals surface area contributed by atoms with Gasteiger partial charge >= 0.3 is 5.97 Å². The number of carboxylic acids is 1. The van der Waals surface area contributed by atoms with Crippen LogP contribution >= 0.6 is 0 Å². The number of hydrogen-bond donors (Lipinski definition) is 2. The van der Waals surface area contributed by atoms with Crippen LogP contribution in [0.15, 0.2) is 18.2 Å². The number of carboxylic acid groups (broad SMARTS) is 1. The number of hydrogen-bond acceptors (Lipinski definition) is 4. The minimum Gasteiger partial charge on any atom is -0.478 e. The number of aromatic nitrogens is 2. The number of aryl methyl sites for hydroxylation is 1. The Balaban J connectivity index is 0.000000505. The van der Waals surface area contributed by atoms with Gasteiger partial charge in [0.1, 0.15) is 12.4 Å². The summed E-state index contributed by atoms with van der Waals surface area (Å²) in [7, 11) is 0. The van der Waals surface area contributed by atoms with E-state index in [0.717, 1.165) is 31.7 Å². The third-order valence-corrected chi connectivity index (χ3v) is 3.55. The first kappa shape index (κ1) is 20.1. The molecule has 0 atom stereocenters. The van der Waals surface area contributed by atoms with Gasteiger partial charge in [-0.25, -0.2) is 9.78 Å². The number of rotatable bonds is 7. The van der Waals surface area contributed by atoms with Crippen molar-refractivity contribution in [3.63, 3.8) is 0 Å². The SMILES string of the molecule is CC(C)CCn1c(CO)nc2cc(C(=O)O)ccc21.CCOCC. The number of imidazole rings is 1. The molecule has 0 aliphatic carbocycles. The van der Waals surface area contributed by atoms with E-state index in [0.29, 0.717) is 17.3 Å². The van der Waals surface area contributed by atoms with E-state index in [1.165, 1.54) is 0 Å². The first-order valence-corrected chi connectivity index (χ1v) is 8.35. The maximum Gasteiger partial charge on any atom is 0.335 e. The Hall–Kier alpha value is -1.92. The first-order chi connectivity index (χ1) is 11.4. The molecule has 6 nitrogen and oxygen atoms in total. The molecule has 1 aromatic carbocycles. The summed E-state index contributed by atoms with van der Waals surface area (Å²) < 4.78 is 6.79. The number of aliphatic hydroxyl groups is 1. The lowest BCUT2D eigenvalue weighted by Crippen LogP contribution is -2.06. The molecule has 0 unspecified atom stereocenters. The normalized spacial score (nSPS) is 10.8. The highest BCUT2D eigenvalue weighted by Crippen LogP contribution is 2.19. The van der Waals surface area contributed by atoms with Gasteiger partial charge in [-0.2, -0.15) is 0 Å². The van der Waals surface area contributed by atoms with E-state index in [1.54, 1.807) is 18.2 Å². The van der Waals surface area contributed by atoms with Crippen LogP contribution in [0, 0.1) is 5.92 Å². The van der Waals surface area contributed by atoms with E-state index in [1.807, 2.05) is 18.4 Å². The molecule has 0 aliphatic rings. The molecule has 24 heavy (non-hydrogen) atoms. The average Bonchev–Trinajstić information content (AvgIpc) is 2.91. The minimum absolute atomic E-state index is 0.144. The van der Waals surface area contributed by atoms with Gasteiger partial charge in [0.25, 0.3) is 0 Å². The average molecular weight is 336 g/mol. The molecule has 2 N–H and O–H groups in total. The number of carbonyl (C=O) groups is 1. The second-order valence-corrected chi connectivity index (χ2v) is 5.81. The van der Waals surface area contributed by atoms with Gasteiger partial charge < -0.3 is 19.5 Å². The van der Waals surface area contributed by atoms with E-state index in [9.17, 15) is 9.90 Å². The van der Waals surface area contributed by atoms with Crippen molar-refractivity contribution in [1.82, 2.24) is 9.55 Å². The number of aromatic carboxylic acids is 1. The van der Waals surface area contributed by atoms with E-state index in [4.69, 9.17) is 9.84 Å².